The van der Waals surface area contributed by atoms with Gasteiger partial charge in [-0.1, -0.05) is 11.6 Å². The highest BCUT2D eigenvalue weighted by Gasteiger charge is 2.34. The van der Waals surface area contributed by atoms with Crippen LogP contribution in [0.25, 0.3) is 6.08 Å². The second kappa shape index (κ2) is 6.38. The smallest absolute Gasteiger partial charge is 0.270 e. The van der Waals surface area contributed by atoms with E-state index in [4.69, 9.17) is 23.8 Å². The molecule has 0 radical (unpaired) electrons. The molecule has 1 aliphatic rings. The Kier molecular flexibility index (Phi) is 4.28. The molecule has 1 aliphatic heterocycles. The maximum Gasteiger partial charge on any atom is 0.270 e. The van der Waals surface area contributed by atoms with Crippen LogP contribution in [0, 0.1) is 0 Å². The van der Waals surface area contributed by atoms with Crippen LogP contribution in [0.15, 0.2) is 48.3 Å². The molecule has 2 aromatic rings. The van der Waals surface area contributed by atoms with Gasteiger partial charge >= 0.3 is 0 Å². The Bertz CT molecular complexity index is 880. The molecule has 1 fully saturated rings. The van der Waals surface area contributed by atoms with Crippen molar-refractivity contribution in [1.29, 1.82) is 0 Å². The monoisotopic (exact) mass is 359 g/mol. The van der Waals surface area contributed by atoms with Crippen molar-refractivity contribution in [3.63, 3.8) is 0 Å². The van der Waals surface area contributed by atoms with E-state index in [1.807, 2.05) is 0 Å². The fraction of sp³-hybridized carbons (Fsp3) is 0. The molecule has 1 aromatic carbocycles. The normalized spacial score (nSPS) is 16.5. The maximum absolute atomic E-state index is 12.7. The number of benzene rings is 1. The number of aromatic hydroxyl groups is 1. The standard InChI is InChI=1S/C16H10ClN3O3S/c17-10-1-3-11(4-2-10)20-15(23)12(14(22)19-16(20)24)7-9-5-6-18-8-13(9)21/h1-8,21H,(H,19,22,24). The summed E-state index contributed by atoms with van der Waals surface area (Å²) in [7, 11) is 0. The molecule has 0 unspecified atom stereocenters. The minimum absolute atomic E-state index is 0.0246. The third-order valence-electron chi connectivity index (χ3n) is 3.32. The number of hydrogen-bond donors (Lipinski definition) is 2. The number of aromatic nitrogens is 1. The van der Waals surface area contributed by atoms with E-state index in [-0.39, 0.29) is 16.4 Å². The first-order chi connectivity index (χ1) is 11.5. The zero-order chi connectivity index (χ0) is 17.3. The Morgan fingerprint density at radius 1 is 1.21 bits per heavy atom. The number of pyridine rings is 1. The number of anilines is 1. The zero-order valence-corrected chi connectivity index (χ0v) is 13.6. The number of nitrogens with one attached hydrogen (secondary N) is 1. The molecule has 120 valence electrons. The second-order valence-corrected chi connectivity index (χ2v) is 5.69. The van der Waals surface area contributed by atoms with Crippen molar-refractivity contribution >= 4 is 52.5 Å². The van der Waals surface area contributed by atoms with Gasteiger partial charge in [0, 0.05) is 16.8 Å². The van der Waals surface area contributed by atoms with E-state index in [1.54, 1.807) is 24.3 Å². The first-order valence-corrected chi connectivity index (χ1v) is 7.56. The molecule has 0 saturated carbocycles. The van der Waals surface area contributed by atoms with Crippen molar-refractivity contribution in [1.82, 2.24) is 10.3 Å². The van der Waals surface area contributed by atoms with Gasteiger partial charge in [-0.3, -0.25) is 24.8 Å². The molecule has 1 aromatic heterocycles. The lowest BCUT2D eigenvalue weighted by Gasteiger charge is -2.28. The van der Waals surface area contributed by atoms with Crippen molar-refractivity contribution in [2.45, 2.75) is 0 Å². The Balaban J connectivity index is 2.03. The first-order valence-electron chi connectivity index (χ1n) is 6.77. The molecule has 0 aliphatic carbocycles. The topological polar surface area (TPSA) is 82.5 Å². The van der Waals surface area contributed by atoms with Gasteiger partial charge in [-0.15, -0.1) is 0 Å². The Labute approximate surface area is 147 Å². The number of rotatable bonds is 2. The molecule has 8 heteroatoms. The highest BCUT2D eigenvalue weighted by Crippen LogP contribution is 2.25. The third kappa shape index (κ3) is 2.99. The van der Waals surface area contributed by atoms with E-state index in [2.05, 4.69) is 10.3 Å². The van der Waals surface area contributed by atoms with Gasteiger partial charge in [0.15, 0.2) is 5.11 Å². The number of hydrogen-bond acceptors (Lipinski definition) is 5. The van der Waals surface area contributed by atoms with Crippen LogP contribution < -0.4 is 10.2 Å². The van der Waals surface area contributed by atoms with E-state index in [0.29, 0.717) is 16.3 Å². The number of thiocarbonyl (C=S) groups is 1. The molecule has 24 heavy (non-hydrogen) atoms. The number of amides is 2. The summed E-state index contributed by atoms with van der Waals surface area (Å²) in [6.45, 7) is 0. The van der Waals surface area contributed by atoms with Gasteiger partial charge in [0.1, 0.15) is 11.3 Å². The summed E-state index contributed by atoms with van der Waals surface area (Å²) in [4.78, 5) is 29.8. The highest BCUT2D eigenvalue weighted by molar-refractivity contribution is 7.80. The fourth-order valence-electron chi connectivity index (χ4n) is 2.16. The van der Waals surface area contributed by atoms with Gasteiger partial charge in [0.05, 0.1) is 11.9 Å². The minimum atomic E-state index is -0.633. The predicted octanol–water partition coefficient (Wildman–Crippen LogP) is 2.27. The largest absolute Gasteiger partial charge is 0.506 e. The highest BCUT2D eigenvalue weighted by atomic mass is 35.5. The predicted molar refractivity (Wildman–Crippen MR) is 93.6 cm³/mol. The van der Waals surface area contributed by atoms with Crippen LogP contribution in [0.2, 0.25) is 5.02 Å². The fourth-order valence-corrected chi connectivity index (χ4v) is 2.56. The second-order valence-electron chi connectivity index (χ2n) is 4.87. The molecule has 2 heterocycles. The van der Waals surface area contributed by atoms with Crippen LogP contribution in [-0.2, 0) is 9.59 Å². The number of halogens is 1. The lowest BCUT2D eigenvalue weighted by molar-refractivity contribution is -0.122. The van der Waals surface area contributed by atoms with E-state index >= 15 is 0 Å². The van der Waals surface area contributed by atoms with E-state index in [1.165, 1.54) is 29.4 Å². The molecule has 3 rings (SSSR count). The Morgan fingerprint density at radius 2 is 1.92 bits per heavy atom. The van der Waals surface area contributed by atoms with Crippen LogP contribution in [0.1, 0.15) is 5.56 Å². The van der Waals surface area contributed by atoms with Gasteiger partial charge in [0.25, 0.3) is 11.8 Å². The molecule has 6 nitrogen and oxygen atoms in total. The molecule has 0 atom stereocenters. The lowest BCUT2D eigenvalue weighted by Crippen LogP contribution is -2.54. The van der Waals surface area contributed by atoms with Crippen LogP contribution in [0.5, 0.6) is 5.75 Å². The summed E-state index contributed by atoms with van der Waals surface area (Å²) in [5.74, 6) is -1.37. The van der Waals surface area contributed by atoms with Crippen LogP contribution in [0.4, 0.5) is 5.69 Å². The van der Waals surface area contributed by atoms with Crippen LogP contribution in [0.3, 0.4) is 0 Å². The van der Waals surface area contributed by atoms with Crippen molar-refractivity contribution in [3.8, 4) is 5.75 Å². The molecule has 1 saturated heterocycles. The van der Waals surface area contributed by atoms with Crippen molar-refractivity contribution in [2.75, 3.05) is 4.90 Å². The Hall–Kier alpha value is -2.77. The van der Waals surface area contributed by atoms with Crippen LogP contribution in [-0.4, -0.2) is 27.0 Å². The lowest BCUT2D eigenvalue weighted by atomic mass is 10.1. The maximum atomic E-state index is 12.7. The quantitative estimate of drug-likeness (QED) is 0.488. The van der Waals surface area contributed by atoms with Crippen molar-refractivity contribution in [2.24, 2.45) is 0 Å². The summed E-state index contributed by atoms with van der Waals surface area (Å²) in [6.07, 6.45) is 3.96. The van der Waals surface area contributed by atoms with Gasteiger partial charge in [-0.05, 0) is 48.6 Å². The average molecular weight is 360 g/mol. The van der Waals surface area contributed by atoms with Crippen LogP contribution >= 0.6 is 23.8 Å². The first kappa shape index (κ1) is 16.1. The van der Waals surface area contributed by atoms with Gasteiger partial charge < -0.3 is 5.11 Å². The number of nitrogens with zero attached hydrogens (tertiary/aromatic N) is 2. The summed E-state index contributed by atoms with van der Waals surface area (Å²) in [5, 5.41) is 12.7. The van der Waals surface area contributed by atoms with Gasteiger partial charge in [-0.2, -0.15) is 0 Å². The molecular formula is C16H10ClN3O3S. The van der Waals surface area contributed by atoms with E-state index in [9.17, 15) is 14.7 Å². The number of carbonyl (C=O) groups excluding carboxylic acids is 2. The van der Waals surface area contributed by atoms with Gasteiger partial charge in [-0.25, -0.2) is 0 Å². The van der Waals surface area contributed by atoms with E-state index in [0.717, 1.165) is 0 Å². The molecule has 0 bridgehead atoms. The average Bonchev–Trinajstić information content (AvgIpc) is 2.54. The summed E-state index contributed by atoms with van der Waals surface area (Å²) in [5.41, 5.74) is 0.617. The van der Waals surface area contributed by atoms with Crippen molar-refractivity contribution in [3.05, 3.63) is 58.9 Å². The summed E-state index contributed by atoms with van der Waals surface area (Å²) >= 11 is 10.9. The number of carbonyl (C=O) groups is 2. The SMILES string of the molecule is O=C1NC(=S)N(c2ccc(Cl)cc2)C(=O)C1=Cc1ccncc1O. The molecule has 2 amide bonds. The van der Waals surface area contributed by atoms with Crippen molar-refractivity contribution < 1.29 is 14.7 Å². The third-order valence-corrected chi connectivity index (χ3v) is 3.86. The Morgan fingerprint density at radius 3 is 2.58 bits per heavy atom. The summed E-state index contributed by atoms with van der Waals surface area (Å²) < 4.78 is 0. The molecule has 0 spiro atoms. The zero-order valence-electron chi connectivity index (χ0n) is 12.1. The minimum Gasteiger partial charge on any atom is -0.506 e. The molecule has 2 N–H and O–H groups in total. The molecular weight excluding hydrogens is 350 g/mol. The van der Waals surface area contributed by atoms with E-state index < -0.39 is 11.8 Å². The summed E-state index contributed by atoms with van der Waals surface area (Å²) in [6, 6.07) is 7.95. The van der Waals surface area contributed by atoms with Gasteiger partial charge in [0.2, 0.25) is 0 Å².